The van der Waals surface area contributed by atoms with Crippen LogP contribution < -0.4 is 5.32 Å². The van der Waals surface area contributed by atoms with Gasteiger partial charge in [-0.3, -0.25) is 4.79 Å². The summed E-state index contributed by atoms with van der Waals surface area (Å²) >= 11 is 0. The molecule has 0 aliphatic carbocycles. The van der Waals surface area contributed by atoms with E-state index in [1.807, 2.05) is 38.1 Å². The van der Waals surface area contributed by atoms with Gasteiger partial charge in [-0.15, -0.1) is 0 Å². The fraction of sp³-hybridized carbons (Fsp3) is 0.353. The minimum Gasteiger partial charge on any atom is -0.379 e. The molecule has 0 spiro atoms. The fourth-order valence-corrected chi connectivity index (χ4v) is 2.05. The lowest BCUT2D eigenvalue weighted by Crippen LogP contribution is -2.26. The summed E-state index contributed by atoms with van der Waals surface area (Å²) in [6, 6.07) is 7.46. The smallest absolute Gasteiger partial charge is 0.261 e. The fourth-order valence-electron chi connectivity index (χ4n) is 2.05. The van der Waals surface area contributed by atoms with Gasteiger partial charge < -0.3 is 15.0 Å². The highest BCUT2D eigenvalue weighted by atomic mass is 16.5. The van der Waals surface area contributed by atoms with E-state index in [1.54, 1.807) is 12.4 Å². The number of nitrogens with zero attached hydrogens (tertiary/aromatic N) is 2. The predicted octanol–water partition coefficient (Wildman–Crippen LogP) is 2.40. The second-order valence-corrected chi connectivity index (χ2v) is 5.38. The number of nitrogens with one attached hydrogen (secondary N) is 2. The van der Waals surface area contributed by atoms with E-state index in [0.717, 1.165) is 16.6 Å². The highest BCUT2D eigenvalue weighted by molar-refractivity contribution is 6.01. The number of aromatic amines is 1. The highest BCUT2D eigenvalue weighted by Crippen LogP contribution is 2.14. The maximum atomic E-state index is 12.0. The van der Waals surface area contributed by atoms with Gasteiger partial charge in [-0.05, 0) is 44.0 Å². The normalized spacial score (nSPS) is 11.7. The number of fused-ring (bicyclic) bond motifs is 1. The molecular weight excluding hydrogens is 292 g/mol. The predicted molar refractivity (Wildman–Crippen MR) is 88.4 cm³/mol. The van der Waals surface area contributed by atoms with Crippen LogP contribution in [-0.2, 0) is 9.53 Å². The van der Waals surface area contributed by atoms with Crippen molar-refractivity contribution in [2.75, 3.05) is 13.2 Å². The van der Waals surface area contributed by atoms with Crippen molar-refractivity contribution in [3.05, 3.63) is 35.7 Å². The molecule has 0 saturated heterocycles. The molecule has 1 aromatic heterocycles. The van der Waals surface area contributed by atoms with Crippen LogP contribution in [-0.4, -0.2) is 35.1 Å². The van der Waals surface area contributed by atoms with Gasteiger partial charge in [0.25, 0.3) is 5.91 Å². The van der Waals surface area contributed by atoms with E-state index in [0.29, 0.717) is 19.6 Å². The summed E-state index contributed by atoms with van der Waals surface area (Å²) in [6.45, 7) is 4.99. The number of ether oxygens (including phenoxy) is 1. The van der Waals surface area contributed by atoms with Crippen LogP contribution in [0.5, 0.6) is 0 Å². The number of carbonyl (C=O) groups excluding carboxylic acids is 1. The lowest BCUT2D eigenvalue weighted by atomic mass is 10.1. The van der Waals surface area contributed by atoms with Crippen LogP contribution in [0.25, 0.3) is 17.1 Å². The molecule has 0 atom stereocenters. The number of amides is 1. The minimum absolute atomic E-state index is 0.0774. The van der Waals surface area contributed by atoms with Crippen molar-refractivity contribution in [1.82, 2.24) is 15.3 Å². The zero-order chi connectivity index (χ0) is 16.7. The Morgan fingerprint density at radius 3 is 3.09 bits per heavy atom. The maximum Gasteiger partial charge on any atom is 0.261 e. The zero-order valence-electron chi connectivity index (χ0n) is 13.3. The molecule has 1 heterocycles. The summed E-state index contributed by atoms with van der Waals surface area (Å²) in [5, 5.41) is 11.9. The highest BCUT2D eigenvalue weighted by Gasteiger charge is 2.08. The molecule has 23 heavy (non-hydrogen) atoms. The van der Waals surface area contributed by atoms with Gasteiger partial charge in [0.2, 0.25) is 0 Å². The van der Waals surface area contributed by atoms with Crippen molar-refractivity contribution < 1.29 is 9.53 Å². The Morgan fingerprint density at radius 2 is 2.35 bits per heavy atom. The SMILES string of the molecule is CC(C)OCCCNC(=O)/C(C#N)=C/c1ccc2nc[nH]c2c1. The number of hydrogen-bond donors (Lipinski definition) is 2. The Balaban J connectivity index is 1.95. The van der Waals surface area contributed by atoms with Crippen molar-refractivity contribution in [3.8, 4) is 6.07 Å². The van der Waals surface area contributed by atoms with Crippen molar-refractivity contribution in [3.63, 3.8) is 0 Å². The molecule has 0 fully saturated rings. The molecule has 1 aromatic carbocycles. The molecule has 2 N–H and O–H groups in total. The van der Waals surface area contributed by atoms with Crippen LogP contribution in [0, 0.1) is 11.3 Å². The van der Waals surface area contributed by atoms with E-state index in [9.17, 15) is 10.1 Å². The van der Waals surface area contributed by atoms with Crippen LogP contribution in [0.2, 0.25) is 0 Å². The molecule has 0 saturated carbocycles. The average molecular weight is 312 g/mol. The maximum absolute atomic E-state index is 12.0. The summed E-state index contributed by atoms with van der Waals surface area (Å²) in [4.78, 5) is 19.2. The number of nitriles is 1. The lowest BCUT2D eigenvalue weighted by molar-refractivity contribution is -0.117. The first-order valence-electron chi connectivity index (χ1n) is 7.55. The van der Waals surface area contributed by atoms with E-state index < -0.39 is 0 Å². The number of H-pyrrole nitrogens is 1. The number of imidazole rings is 1. The van der Waals surface area contributed by atoms with E-state index in [1.165, 1.54) is 0 Å². The van der Waals surface area contributed by atoms with Gasteiger partial charge >= 0.3 is 0 Å². The van der Waals surface area contributed by atoms with Gasteiger partial charge in [-0.25, -0.2) is 4.98 Å². The third-order valence-corrected chi connectivity index (χ3v) is 3.18. The third-order valence-electron chi connectivity index (χ3n) is 3.18. The number of hydrogen-bond acceptors (Lipinski definition) is 4. The third kappa shape index (κ3) is 4.94. The summed E-state index contributed by atoms with van der Waals surface area (Å²) in [7, 11) is 0. The van der Waals surface area contributed by atoms with Gasteiger partial charge in [0.1, 0.15) is 11.6 Å². The molecule has 1 amide bonds. The summed E-state index contributed by atoms with van der Waals surface area (Å²) < 4.78 is 5.40. The lowest BCUT2D eigenvalue weighted by Gasteiger charge is -2.08. The van der Waals surface area contributed by atoms with Crippen molar-refractivity contribution in [2.45, 2.75) is 26.4 Å². The molecule has 120 valence electrons. The van der Waals surface area contributed by atoms with E-state index in [2.05, 4.69) is 15.3 Å². The van der Waals surface area contributed by atoms with Crippen LogP contribution in [0.1, 0.15) is 25.8 Å². The van der Waals surface area contributed by atoms with Gasteiger partial charge in [0.15, 0.2) is 0 Å². The van der Waals surface area contributed by atoms with Crippen LogP contribution >= 0.6 is 0 Å². The van der Waals surface area contributed by atoms with Gasteiger partial charge in [-0.2, -0.15) is 5.26 Å². The minimum atomic E-state index is -0.373. The second kappa shape index (κ2) is 8.11. The second-order valence-electron chi connectivity index (χ2n) is 5.38. The molecule has 6 heteroatoms. The van der Waals surface area contributed by atoms with Crippen molar-refractivity contribution in [2.24, 2.45) is 0 Å². The first kappa shape index (κ1) is 16.7. The van der Waals surface area contributed by atoms with Gasteiger partial charge in [0, 0.05) is 13.2 Å². The molecule has 2 aromatic rings. The largest absolute Gasteiger partial charge is 0.379 e. The molecule has 0 radical (unpaired) electrons. The Hall–Kier alpha value is -2.65. The molecule has 0 unspecified atom stereocenters. The van der Waals surface area contributed by atoms with Crippen molar-refractivity contribution >= 4 is 23.0 Å². The molecule has 2 rings (SSSR count). The number of carbonyl (C=O) groups is 1. The van der Waals surface area contributed by atoms with E-state index >= 15 is 0 Å². The van der Waals surface area contributed by atoms with E-state index in [-0.39, 0.29) is 17.6 Å². The number of rotatable bonds is 7. The van der Waals surface area contributed by atoms with Gasteiger partial charge in [0.05, 0.1) is 23.5 Å². The quantitative estimate of drug-likeness (QED) is 0.466. The van der Waals surface area contributed by atoms with Crippen LogP contribution in [0.3, 0.4) is 0 Å². The molecular formula is C17H20N4O2. The Kier molecular flexibility index (Phi) is 5.89. The summed E-state index contributed by atoms with van der Waals surface area (Å²) in [5.41, 5.74) is 2.56. The zero-order valence-corrected chi connectivity index (χ0v) is 13.3. The number of aromatic nitrogens is 2. The Labute approximate surface area is 135 Å². The topological polar surface area (TPSA) is 90.8 Å². The first-order chi connectivity index (χ1) is 11.1. The average Bonchev–Trinajstić information content (AvgIpc) is 2.99. The van der Waals surface area contributed by atoms with Crippen LogP contribution in [0.15, 0.2) is 30.1 Å². The monoisotopic (exact) mass is 312 g/mol. The number of benzene rings is 1. The summed E-state index contributed by atoms with van der Waals surface area (Å²) in [5.74, 6) is -0.373. The van der Waals surface area contributed by atoms with Crippen LogP contribution in [0.4, 0.5) is 0 Å². The standard InChI is InChI=1S/C17H20N4O2/c1-12(2)23-7-3-6-19-17(22)14(10-18)8-13-4-5-15-16(9-13)21-11-20-15/h4-5,8-9,11-12H,3,6-7H2,1-2H3,(H,19,22)(H,20,21)/b14-8+. The van der Waals surface area contributed by atoms with Gasteiger partial charge in [-0.1, -0.05) is 6.07 Å². The molecule has 0 aliphatic rings. The van der Waals surface area contributed by atoms with Crippen molar-refractivity contribution in [1.29, 1.82) is 5.26 Å². The van der Waals surface area contributed by atoms with E-state index in [4.69, 9.17) is 4.74 Å². The molecule has 0 aliphatic heterocycles. The molecule has 6 nitrogen and oxygen atoms in total. The molecule has 0 bridgehead atoms. The summed E-state index contributed by atoms with van der Waals surface area (Å²) in [6.07, 6.45) is 4.07. The Bertz CT molecular complexity index is 740. The first-order valence-corrected chi connectivity index (χ1v) is 7.55. The Morgan fingerprint density at radius 1 is 1.52 bits per heavy atom.